The summed E-state index contributed by atoms with van der Waals surface area (Å²) < 4.78 is 15.2. The van der Waals surface area contributed by atoms with Gasteiger partial charge >= 0.3 is 0 Å². The Morgan fingerprint density at radius 3 is 2.60 bits per heavy atom. The second kappa shape index (κ2) is 6.83. The van der Waals surface area contributed by atoms with E-state index in [9.17, 15) is 4.39 Å². The van der Waals surface area contributed by atoms with Crippen molar-refractivity contribution in [2.45, 2.75) is 19.4 Å². The number of benzene rings is 2. The second-order valence-electron chi connectivity index (χ2n) is 4.82. The Labute approximate surface area is 135 Å². The van der Waals surface area contributed by atoms with Crippen LogP contribution in [0.15, 0.2) is 45.3 Å². The zero-order valence-electron chi connectivity index (χ0n) is 11.4. The zero-order valence-corrected chi connectivity index (χ0v) is 14.6. The zero-order chi connectivity index (χ0) is 14.7. The van der Waals surface area contributed by atoms with Crippen LogP contribution in [0.4, 0.5) is 4.39 Å². The monoisotopic (exact) mass is 399 g/mol. The maximum atomic E-state index is 13.6. The van der Waals surface area contributed by atoms with Gasteiger partial charge in [0.1, 0.15) is 5.82 Å². The van der Waals surface area contributed by atoms with Crippen molar-refractivity contribution in [2.75, 3.05) is 7.05 Å². The lowest BCUT2D eigenvalue weighted by Gasteiger charge is -2.19. The van der Waals surface area contributed by atoms with E-state index in [0.717, 1.165) is 16.5 Å². The first-order chi connectivity index (χ1) is 9.51. The number of aryl methyl sites for hydroxylation is 1. The Morgan fingerprint density at radius 1 is 1.20 bits per heavy atom. The molecular weight excluding hydrogens is 385 g/mol. The van der Waals surface area contributed by atoms with Crippen LogP contribution in [0.1, 0.15) is 22.7 Å². The molecule has 0 saturated heterocycles. The van der Waals surface area contributed by atoms with E-state index >= 15 is 0 Å². The minimum Gasteiger partial charge on any atom is -0.313 e. The lowest BCUT2D eigenvalue weighted by molar-refractivity contribution is 0.579. The van der Waals surface area contributed by atoms with Gasteiger partial charge in [0.15, 0.2) is 0 Å². The Bertz CT molecular complexity index is 593. The highest BCUT2D eigenvalue weighted by Crippen LogP contribution is 2.27. The van der Waals surface area contributed by atoms with Crippen LogP contribution in [-0.4, -0.2) is 7.05 Å². The van der Waals surface area contributed by atoms with Gasteiger partial charge in [0.25, 0.3) is 0 Å². The van der Waals surface area contributed by atoms with E-state index in [1.54, 1.807) is 6.07 Å². The summed E-state index contributed by atoms with van der Waals surface area (Å²) >= 11 is 6.85. The third kappa shape index (κ3) is 3.68. The van der Waals surface area contributed by atoms with E-state index in [4.69, 9.17) is 0 Å². The molecule has 1 nitrogen and oxygen atoms in total. The van der Waals surface area contributed by atoms with Gasteiger partial charge in [-0.15, -0.1) is 0 Å². The van der Waals surface area contributed by atoms with E-state index < -0.39 is 0 Å². The first kappa shape index (κ1) is 15.7. The third-order valence-corrected chi connectivity index (χ3v) is 4.62. The SMILES string of the molecule is CNC(Cc1cccc(F)c1Br)c1cc(C)cc(Br)c1. The molecule has 0 aliphatic rings. The molecule has 0 radical (unpaired) electrons. The summed E-state index contributed by atoms with van der Waals surface area (Å²) in [5.74, 6) is -0.220. The molecule has 1 N–H and O–H groups in total. The molecule has 0 heterocycles. The molecule has 2 rings (SSSR count). The minimum absolute atomic E-state index is 0.143. The van der Waals surface area contributed by atoms with Crippen LogP contribution in [0, 0.1) is 12.7 Å². The molecule has 0 bridgehead atoms. The van der Waals surface area contributed by atoms with Gasteiger partial charge in [-0.1, -0.05) is 34.1 Å². The molecule has 0 fully saturated rings. The quantitative estimate of drug-likeness (QED) is 0.747. The lowest BCUT2D eigenvalue weighted by Crippen LogP contribution is -2.19. The Morgan fingerprint density at radius 2 is 1.95 bits per heavy atom. The summed E-state index contributed by atoms with van der Waals surface area (Å²) in [6.07, 6.45) is 0.727. The van der Waals surface area contributed by atoms with Gasteiger partial charge in [0.2, 0.25) is 0 Å². The normalized spacial score (nSPS) is 12.4. The number of hydrogen-bond donors (Lipinski definition) is 1. The number of nitrogens with one attached hydrogen (secondary N) is 1. The molecule has 1 atom stereocenters. The largest absolute Gasteiger partial charge is 0.313 e. The van der Waals surface area contributed by atoms with Crippen molar-refractivity contribution in [1.29, 1.82) is 0 Å². The first-order valence-electron chi connectivity index (χ1n) is 6.38. The van der Waals surface area contributed by atoms with E-state index in [1.165, 1.54) is 17.2 Å². The molecule has 0 amide bonds. The van der Waals surface area contributed by atoms with Gasteiger partial charge in [-0.3, -0.25) is 0 Å². The molecule has 20 heavy (non-hydrogen) atoms. The highest BCUT2D eigenvalue weighted by atomic mass is 79.9. The van der Waals surface area contributed by atoms with Crippen LogP contribution in [0.25, 0.3) is 0 Å². The highest BCUT2D eigenvalue weighted by Gasteiger charge is 2.14. The van der Waals surface area contributed by atoms with Crippen molar-refractivity contribution >= 4 is 31.9 Å². The number of likely N-dealkylation sites (N-methyl/N-ethyl adjacent to an activating group) is 1. The number of halogens is 3. The maximum Gasteiger partial charge on any atom is 0.137 e. The van der Waals surface area contributed by atoms with Crippen LogP contribution in [0.5, 0.6) is 0 Å². The van der Waals surface area contributed by atoms with E-state index in [-0.39, 0.29) is 11.9 Å². The van der Waals surface area contributed by atoms with Crippen molar-refractivity contribution in [3.8, 4) is 0 Å². The van der Waals surface area contributed by atoms with Crippen molar-refractivity contribution < 1.29 is 4.39 Å². The molecule has 106 valence electrons. The smallest absolute Gasteiger partial charge is 0.137 e. The van der Waals surface area contributed by atoms with Crippen LogP contribution in [-0.2, 0) is 6.42 Å². The summed E-state index contributed by atoms with van der Waals surface area (Å²) in [5.41, 5.74) is 3.35. The van der Waals surface area contributed by atoms with Gasteiger partial charge in [0.05, 0.1) is 4.47 Å². The van der Waals surface area contributed by atoms with Crippen molar-refractivity contribution in [3.05, 3.63) is 67.9 Å². The molecule has 0 saturated carbocycles. The summed E-state index contributed by atoms with van der Waals surface area (Å²) in [5, 5.41) is 3.30. The maximum absolute atomic E-state index is 13.6. The van der Waals surface area contributed by atoms with E-state index in [0.29, 0.717) is 4.47 Å². The van der Waals surface area contributed by atoms with Crippen molar-refractivity contribution in [3.63, 3.8) is 0 Å². The van der Waals surface area contributed by atoms with Crippen LogP contribution in [0.3, 0.4) is 0 Å². The first-order valence-corrected chi connectivity index (χ1v) is 7.97. The molecule has 0 aliphatic heterocycles. The molecule has 2 aromatic carbocycles. The van der Waals surface area contributed by atoms with Crippen molar-refractivity contribution in [2.24, 2.45) is 0 Å². The third-order valence-electron chi connectivity index (χ3n) is 3.27. The fraction of sp³-hybridized carbons (Fsp3) is 0.250. The summed E-state index contributed by atoms with van der Waals surface area (Å²) in [6, 6.07) is 11.6. The topological polar surface area (TPSA) is 12.0 Å². The van der Waals surface area contributed by atoms with Crippen LogP contribution in [0.2, 0.25) is 0 Å². The summed E-state index contributed by atoms with van der Waals surface area (Å²) in [7, 11) is 1.92. The fourth-order valence-corrected chi connectivity index (χ4v) is 3.33. The van der Waals surface area contributed by atoms with E-state index in [1.807, 2.05) is 13.1 Å². The van der Waals surface area contributed by atoms with E-state index in [2.05, 4.69) is 62.3 Å². The Hall–Kier alpha value is -0.710. The molecule has 2 aromatic rings. The Kier molecular flexibility index (Phi) is 5.35. The number of rotatable bonds is 4. The second-order valence-corrected chi connectivity index (χ2v) is 6.53. The predicted octanol–water partition coefficient (Wildman–Crippen LogP) is 5.16. The van der Waals surface area contributed by atoms with Gasteiger partial charge in [-0.25, -0.2) is 4.39 Å². The van der Waals surface area contributed by atoms with Gasteiger partial charge in [0, 0.05) is 10.5 Å². The Balaban J connectivity index is 2.31. The van der Waals surface area contributed by atoms with Crippen LogP contribution >= 0.6 is 31.9 Å². The predicted molar refractivity (Wildman–Crippen MR) is 88.5 cm³/mol. The molecule has 0 spiro atoms. The molecule has 1 unspecified atom stereocenters. The summed E-state index contributed by atoms with van der Waals surface area (Å²) in [6.45, 7) is 2.07. The highest BCUT2D eigenvalue weighted by molar-refractivity contribution is 9.10. The molecule has 0 aromatic heterocycles. The lowest BCUT2D eigenvalue weighted by atomic mass is 9.97. The van der Waals surface area contributed by atoms with Gasteiger partial charge in [-0.2, -0.15) is 0 Å². The minimum atomic E-state index is -0.220. The number of hydrogen-bond acceptors (Lipinski definition) is 1. The fourth-order valence-electron chi connectivity index (χ4n) is 2.28. The average molecular weight is 401 g/mol. The standard InChI is InChI=1S/C16H16Br2FN/c1-10-6-12(8-13(17)7-10)15(20-2)9-11-4-3-5-14(19)16(11)18/h3-8,15,20H,9H2,1-2H3. The molecule has 4 heteroatoms. The molecule has 0 aliphatic carbocycles. The average Bonchev–Trinajstić information content (AvgIpc) is 2.39. The summed E-state index contributed by atoms with van der Waals surface area (Å²) in [4.78, 5) is 0. The van der Waals surface area contributed by atoms with Gasteiger partial charge in [-0.05, 0) is 71.2 Å². The molecular formula is C16H16Br2FN. The van der Waals surface area contributed by atoms with Crippen LogP contribution < -0.4 is 5.32 Å². The van der Waals surface area contributed by atoms with Crippen molar-refractivity contribution in [1.82, 2.24) is 5.32 Å². The van der Waals surface area contributed by atoms with Gasteiger partial charge < -0.3 is 5.32 Å².